The molecule has 1 heterocycles. The summed E-state index contributed by atoms with van der Waals surface area (Å²) in [5.74, 6) is 0.928. The van der Waals surface area contributed by atoms with Crippen molar-refractivity contribution in [3.05, 3.63) is 64.5 Å². The van der Waals surface area contributed by atoms with Gasteiger partial charge in [0.1, 0.15) is 17.4 Å². The molecule has 8 nitrogen and oxygen atoms in total. The number of oxazole rings is 1. The monoisotopic (exact) mass is 393 g/mol. The highest BCUT2D eigenvalue weighted by molar-refractivity contribution is 5.85. The number of hydrogen-bond donors (Lipinski definition) is 1. The van der Waals surface area contributed by atoms with E-state index in [4.69, 9.17) is 9.15 Å². The van der Waals surface area contributed by atoms with Crippen molar-refractivity contribution in [2.24, 2.45) is 0 Å². The number of fused-ring (bicyclic) bond motifs is 1. The van der Waals surface area contributed by atoms with Gasteiger partial charge in [0.25, 0.3) is 5.69 Å². The Labute approximate surface area is 161 Å². The highest BCUT2D eigenvalue weighted by Crippen LogP contribution is 2.21. The van der Waals surface area contributed by atoms with Crippen LogP contribution in [0.3, 0.4) is 0 Å². The van der Waals surface area contributed by atoms with Gasteiger partial charge in [0.15, 0.2) is 11.8 Å². The van der Waals surface area contributed by atoms with Gasteiger partial charge in [0.05, 0.1) is 11.5 Å². The van der Waals surface area contributed by atoms with E-state index in [-0.39, 0.29) is 18.1 Å². The SMILES string of the molecule is CC(O)C(Oc1ccc([N+](=O)[O-])cc1)N(C)Cc1nc2ccccc2o1.Cl. The molecule has 0 radical (unpaired) electrons. The Morgan fingerprint density at radius 1 is 1.26 bits per heavy atom. The first kappa shape index (κ1) is 20.6. The van der Waals surface area contributed by atoms with E-state index in [2.05, 4.69) is 4.98 Å². The predicted molar refractivity (Wildman–Crippen MR) is 102 cm³/mol. The minimum absolute atomic E-state index is 0. The number of aliphatic hydroxyl groups excluding tert-OH is 1. The first-order valence-electron chi connectivity index (χ1n) is 8.08. The molecule has 9 heteroatoms. The van der Waals surface area contributed by atoms with Crippen molar-refractivity contribution in [1.82, 2.24) is 9.88 Å². The van der Waals surface area contributed by atoms with Gasteiger partial charge in [-0.2, -0.15) is 0 Å². The summed E-state index contributed by atoms with van der Waals surface area (Å²) in [6, 6.07) is 13.2. The predicted octanol–water partition coefficient (Wildman–Crippen LogP) is 3.38. The van der Waals surface area contributed by atoms with Crippen molar-refractivity contribution >= 4 is 29.2 Å². The Morgan fingerprint density at radius 3 is 2.52 bits per heavy atom. The molecule has 0 saturated carbocycles. The van der Waals surface area contributed by atoms with Crippen LogP contribution in [-0.2, 0) is 6.54 Å². The average molecular weight is 394 g/mol. The number of non-ortho nitro benzene ring substituents is 1. The Kier molecular flexibility index (Phi) is 6.73. The average Bonchev–Trinajstić information content (AvgIpc) is 3.01. The summed E-state index contributed by atoms with van der Waals surface area (Å²) in [5.41, 5.74) is 1.44. The van der Waals surface area contributed by atoms with Crippen LogP contribution < -0.4 is 4.74 Å². The lowest BCUT2D eigenvalue weighted by Crippen LogP contribution is -2.44. The number of rotatable bonds is 7. The maximum atomic E-state index is 10.7. The summed E-state index contributed by atoms with van der Waals surface area (Å²) in [6.45, 7) is 1.94. The summed E-state index contributed by atoms with van der Waals surface area (Å²) in [6.07, 6.45) is -1.48. The summed E-state index contributed by atoms with van der Waals surface area (Å²) >= 11 is 0. The van der Waals surface area contributed by atoms with Crippen molar-refractivity contribution < 1.29 is 19.2 Å². The number of nitro benzene ring substituents is 1. The molecule has 0 aliphatic carbocycles. The maximum absolute atomic E-state index is 10.7. The lowest BCUT2D eigenvalue weighted by Gasteiger charge is -2.29. The van der Waals surface area contributed by atoms with Crippen molar-refractivity contribution in [1.29, 1.82) is 0 Å². The Balaban J connectivity index is 0.00000261. The first-order valence-corrected chi connectivity index (χ1v) is 8.08. The van der Waals surface area contributed by atoms with Gasteiger partial charge in [-0.1, -0.05) is 12.1 Å². The third-order valence-corrected chi connectivity index (χ3v) is 3.87. The van der Waals surface area contributed by atoms with Gasteiger partial charge < -0.3 is 14.3 Å². The Morgan fingerprint density at radius 2 is 1.93 bits per heavy atom. The third kappa shape index (κ3) is 4.94. The minimum atomic E-state index is -0.806. The van der Waals surface area contributed by atoms with Crippen LogP contribution in [0.2, 0.25) is 0 Å². The molecular weight excluding hydrogens is 374 g/mol. The fourth-order valence-corrected chi connectivity index (χ4v) is 2.63. The van der Waals surface area contributed by atoms with E-state index in [0.717, 1.165) is 5.52 Å². The highest BCUT2D eigenvalue weighted by atomic mass is 35.5. The molecule has 0 amide bonds. The summed E-state index contributed by atoms with van der Waals surface area (Å²) in [4.78, 5) is 16.4. The number of likely N-dealkylation sites (N-methyl/N-ethyl adjacent to an activating group) is 1. The number of nitro groups is 1. The van der Waals surface area contributed by atoms with Crippen LogP contribution in [0.25, 0.3) is 11.1 Å². The van der Waals surface area contributed by atoms with Crippen LogP contribution >= 0.6 is 12.4 Å². The molecule has 0 bridgehead atoms. The number of benzene rings is 2. The van der Waals surface area contributed by atoms with Gasteiger partial charge in [-0.3, -0.25) is 15.0 Å². The molecule has 1 aromatic heterocycles. The number of aliphatic hydroxyl groups is 1. The zero-order valence-corrected chi connectivity index (χ0v) is 15.6. The molecular formula is C18H20ClN3O5. The fourth-order valence-electron chi connectivity index (χ4n) is 2.63. The Bertz CT molecular complexity index is 864. The number of ether oxygens (including phenoxy) is 1. The second kappa shape index (κ2) is 8.81. The summed E-state index contributed by atoms with van der Waals surface area (Å²) in [5, 5.41) is 20.8. The van der Waals surface area contributed by atoms with Gasteiger partial charge >= 0.3 is 0 Å². The number of hydrogen-bond acceptors (Lipinski definition) is 7. The molecule has 0 aliphatic rings. The smallest absolute Gasteiger partial charge is 0.269 e. The highest BCUT2D eigenvalue weighted by Gasteiger charge is 2.24. The van der Waals surface area contributed by atoms with Crippen LogP contribution in [0.4, 0.5) is 5.69 Å². The van der Waals surface area contributed by atoms with Gasteiger partial charge in [0.2, 0.25) is 5.89 Å². The van der Waals surface area contributed by atoms with E-state index in [1.54, 1.807) is 18.9 Å². The topological polar surface area (TPSA) is 102 Å². The van der Waals surface area contributed by atoms with Crippen LogP contribution in [0.5, 0.6) is 5.75 Å². The van der Waals surface area contributed by atoms with E-state index < -0.39 is 17.3 Å². The van der Waals surface area contributed by atoms with Gasteiger partial charge in [-0.25, -0.2) is 4.98 Å². The van der Waals surface area contributed by atoms with Crippen LogP contribution in [0.15, 0.2) is 52.9 Å². The first-order chi connectivity index (χ1) is 12.4. The zero-order valence-electron chi connectivity index (χ0n) is 14.8. The third-order valence-electron chi connectivity index (χ3n) is 3.87. The molecule has 144 valence electrons. The normalized spacial score (nSPS) is 13.2. The van der Waals surface area contributed by atoms with E-state index in [1.807, 2.05) is 24.3 Å². The second-order valence-corrected chi connectivity index (χ2v) is 5.99. The van der Waals surface area contributed by atoms with E-state index in [0.29, 0.717) is 23.8 Å². The number of para-hydroxylation sites is 2. The van der Waals surface area contributed by atoms with E-state index in [9.17, 15) is 15.2 Å². The quantitative estimate of drug-likeness (QED) is 0.373. The summed E-state index contributed by atoms with van der Waals surface area (Å²) in [7, 11) is 1.78. The van der Waals surface area contributed by atoms with Crippen molar-refractivity contribution in [3.63, 3.8) is 0 Å². The molecule has 0 spiro atoms. The standard InChI is InChI=1S/C18H19N3O5.ClH/c1-12(22)18(25-14-9-7-13(8-10-14)21(23)24)20(2)11-17-19-15-5-3-4-6-16(15)26-17;/h3-10,12,18,22H,11H2,1-2H3;1H. The number of halogens is 1. The molecule has 0 saturated heterocycles. The maximum Gasteiger partial charge on any atom is 0.269 e. The van der Waals surface area contributed by atoms with Crippen molar-refractivity contribution in [2.45, 2.75) is 25.8 Å². The molecule has 1 N–H and O–H groups in total. The largest absolute Gasteiger partial charge is 0.472 e. The zero-order chi connectivity index (χ0) is 18.7. The minimum Gasteiger partial charge on any atom is -0.472 e. The lowest BCUT2D eigenvalue weighted by atomic mass is 10.3. The second-order valence-electron chi connectivity index (χ2n) is 5.99. The fraction of sp³-hybridized carbons (Fsp3) is 0.278. The molecule has 3 rings (SSSR count). The summed E-state index contributed by atoms with van der Waals surface area (Å²) < 4.78 is 11.5. The molecule has 2 unspecified atom stereocenters. The van der Waals surface area contributed by atoms with Crippen LogP contribution in [-0.4, -0.2) is 39.3 Å². The number of aromatic nitrogens is 1. The molecule has 27 heavy (non-hydrogen) atoms. The van der Waals surface area contributed by atoms with Crippen molar-refractivity contribution in [2.75, 3.05) is 7.05 Å². The van der Waals surface area contributed by atoms with E-state index in [1.165, 1.54) is 24.3 Å². The molecule has 0 fully saturated rings. The van der Waals surface area contributed by atoms with Crippen LogP contribution in [0.1, 0.15) is 12.8 Å². The lowest BCUT2D eigenvalue weighted by molar-refractivity contribution is -0.384. The Hall–Kier alpha value is -2.68. The molecule has 2 aromatic carbocycles. The van der Waals surface area contributed by atoms with E-state index >= 15 is 0 Å². The molecule has 3 aromatic rings. The van der Waals surface area contributed by atoms with Crippen LogP contribution in [0, 0.1) is 10.1 Å². The van der Waals surface area contributed by atoms with Gasteiger partial charge in [-0.15, -0.1) is 12.4 Å². The van der Waals surface area contributed by atoms with Gasteiger partial charge in [0, 0.05) is 12.1 Å². The molecule has 0 aliphatic heterocycles. The van der Waals surface area contributed by atoms with Gasteiger partial charge in [-0.05, 0) is 38.2 Å². The van der Waals surface area contributed by atoms with Crippen molar-refractivity contribution in [3.8, 4) is 5.75 Å². The molecule has 2 atom stereocenters. The number of nitrogens with zero attached hydrogens (tertiary/aromatic N) is 3.